The van der Waals surface area contributed by atoms with E-state index in [0.29, 0.717) is 6.04 Å². The smallest absolute Gasteiger partial charge is 0.0132 e. The maximum atomic E-state index is 3.73. The van der Waals surface area contributed by atoms with Crippen LogP contribution in [0.25, 0.3) is 0 Å². The Morgan fingerprint density at radius 1 is 1.43 bits per heavy atom. The van der Waals surface area contributed by atoms with E-state index in [4.69, 9.17) is 0 Å². The molecule has 0 aromatic carbocycles. The summed E-state index contributed by atoms with van der Waals surface area (Å²) in [6, 6.07) is 1.42. The summed E-state index contributed by atoms with van der Waals surface area (Å²) < 4.78 is 0. The monoisotopic (exact) mass is 216 g/mol. The molecule has 2 nitrogen and oxygen atoms in total. The highest BCUT2D eigenvalue weighted by Crippen LogP contribution is 2.08. The summed E-state index contributed by atoms with van der Waals surface area (Å²) in [6.45, 7) is 6.93. The summed E-state index contributed by atoms with van der Waals surface area (Å²) in [5.74, 6) is 2.48. The molecule has 84 valence electrons. The van der Waals surface area contributed by atoms with Gasteiger partial charge in [0.25, 0.3) is 0 Å². The van der Waals surface area contributed by atoms with Crippen LogP contribution in [0, 0.1) is 0 Å². The van der Waals surface area contributed by atoms with Crippen LogP contribution < -0.4 is 10.6 Å². The molecule has 0 amide bonds. The molecule has 0 radical (unpaired) electrons. The third-order valence-corrected chi connectivity index (χ3v) is 3.81. The van der Waals surface area contributed by atoms with Crippen LogP contribution >= 0.6 is 11.8 Å². The Labute approximate surface area is 92.6 Å². The molecule has 0 aromatic heterocycles. The van der Waals surface area contributed by atoms with Crippen LogP contribution in [0.4, 0.5) is 0 Å². The zero-order chi connectivity index (χ0) is 10.2. The van der Waals surface area contributed by atoms with Crippen molar-refractivity contribution in [2.75, 3.05) is 24.6 Å². The van der Waals surface area contributed by atoms with Crippen LogP contribution in [0.5, 0.6) is 0 Å². The minimum atomic E-state index is 0.669. The van der Waals surface area contributed by atoms with Gasteiger partial charge in [-0.3, -0.25) is 0 Å². The molecule has 0 bridgehead atoms. The van der Waals surface area contributed by atoms with Gasteiger partial charge in [-0.05, 0) is 45.0 Å². The highest BCUT2D eigenvalue weighted by atomic mass is 32.2. The lowest BCUT2D eigenvalue weighted by Crippen LogP contribution is -2.38. The summed E-state index contributed by atoms with van der Waals surface area (Å²) in [5.41, 5.74) is 0. The molecule has 0 aromatic rings. The number of hydrogen-bond donors (Lipinski definition) is 2. The summed E-state index contributed by atoms with van der Waals surface area (Å²) >= 11 is 2.03. The number of thioether (sulfide) groups is 1. The predicted molar refractivity (Wildman–Crippen MR) is 66.1 cm³/mol. The van der Waals surface area contributed by atoms with Gasteiger partial charge in [0.05, 0.1) is 0 Å². The van der Waals surface area contributed by atoms with Gasteiger partial charge in [0.1, 0.15) is 0 Å². The van der Waals surface area contributed by atoms with E-state index in [2.05, 4.69) is 24.5 Å². The summed E-state index contributed by atoms with van der Waals surface area (Å²) in [4.78, 5) is 0. The van der Waals surface area contributed by atoms with Gasteiger partial charge < -0.3 is 10.6 Å². The Hall–Kier alpha value is 0.270. The second-order valence-electron chi connectivity index (χ2n) is 4.11. The third-order valence-electron chi connectivity index (χ3n) is 2.67. The fraction of sp³-hybridized carbons (Fsp3) is 1.00. The van der Waals surface area contributed by atoms with Crippen molar-refractivity contribution < 1.29 is 0 Å². The van der Waals surface area contributed by atoms with Crippen molar-refractivity contribution in [3.8, 4) is 0 Å². The lowest BCUT2D eigenvalue weighted by Gasteiger charge is -2.21. The average molecular weight is 216 g/mol. The van der Waals surface area contributed by atoms with Crippen LogP contribution in [0.2, 0.25) is 0 Å². The van der Waals surface area contributed by atoms with Crippen molar-refractivity contribution in [2.24, 2.45) is 0 Å². The van der Waals surface area contributed by atoms with E-state index in [1.54, 1.807) is 0 Å². The summed E-state index contributed by atoms with van der Waals surface area (Å²) in [7, 11) is 0. The standard InChI is InChI=1S/C11H24N2S/c1-3-14-9-10(2)13-11-5-4-7-12-8-6-11/h10-13H,3-9H2,1-2H3. The second-order valence-corrected chi connectivity index (χ2v) is 5.42. The predicted octanol–water partition coefficient (Wildman–Crippen LogP) is 1.86. The normalized spacial score (nSPS) is 25.7. The number of hydrogen-bond acceptors (Lipinski definition) is 3. The Morgan fingerprint density at radius 3 is 3.07 bits per heavy atom. The first-order chi connectivity index (χ1) is 6.83. The van der Waals surface area contributed by atoms with E-state index >= 15 is 0 Å². The molecule has 1 aliphatic rings. The first kappa shape index (κ1) is 12.3. The van der Waals surface area contributed by atoms with E-state index in [0.717, 1.165) is 6.04 Å². The zero-order valence-electron chi connectivity index (χ0n) is 9.51. The SMILES string of the molecule is CCSCC(C)NC1CCCNCC1. The van der Waals surface area contributed by atoms with Crippen LogP contribution in [0.15, 0.2) is 0 Å². The molecule has 2 unspecified atom stereocenters. The highest BCUT2D eigenvalue weighted by Gasteiger charge is 2.13. The van der Waals surface area contributed by atoms with E-state index in [9.17, 15) is 0 Å². The molecule has 0 aliphatic carbocycles. The van der Waals surface area contributed by atoms with Crippen molar-refractivity contribution in [1.82, 2.24) is 10.6 Å². The van der Waals surface area contributed by atoms with Crippen molar-refractivity contribution in [3.05, 3.63) is 0 Å². The van der Waals surface area contributed by atoms with Gasteiger partial charge in [-0.1, -0.05) is 6.92 Å². The first-order valence-corrected chi connectivity index (χ1v) is 7.03. The number of rotatable bonds is 5. The minimum absolute atomic E-state index is 0.669. The summed E-state index contributed by atoms with van der Waals surface area (Å²) in [5, 5.41) is 7.18. The van der Waals surface area contributed by atoms with Crippen LogP contribution in [-0.2, 0) is 0 Å². The van der Waals surface area contributed by atoms with Crippen molar-refractivity contribution in [3.63, 3.8) is 0 Å². The Kier molecular flexibility index (Phi) is 6.65. The van der Waals surface area contributed by atoms with E-state index in [1.165, 1.54) is 43.9 Å². The maximum Gasteiger partial charge on any atom is 0.0132 e. The molecule has 0 spiro atoms. The largest absolute Gasteiger partial charge is 0.317 e. The Balaban J connectivity index is 2.13. The molecular formula is C11H24N2S. The molecule has 1 rings (SSSR count). The van der Waals surface area contributed by atoms with Gasteiger partial charge >= 0.3 is 0 Å². The molecular weight excluding hydrogens is 192 g/mol. The van der Waals surface area contributed by atoms with Gasteiger partial charge in [-0.2, -0.15) is 11.8 Å². The van der Waals surface area contributed by atoms with Gasteiger partial charge in [0.2, 0.25) is 0 Å². The maximum absolute atomic E-state index is 3.73. The highest BCUT2D eigenvalue weighted by molar-refractivity contribution is 7.99. The lowest BCUT2D eigenvalue weighted by molar-refractivity contribution is 0.432. The van der Waals surface area contributed by atoms with E-state index in [1.807, 2.05) is 11.8 Å². The topological polar surface area (TPSA) is 24.1 Å². The molecule has 2 N–H and O–H groups in total. The Bertz CT molecular complexity index is 133. The zero-order valence-corrected chi connectivity index (χ0v) is 10.3. The van der Waals surface area contributed by atoms with Gasteiger partial charge in [0.15, 0.2) is 0 Å². The van der Waals surface area contributed by atoms with E-state index in [-0.39, 0.29) is 0 Å². The van der Waals surface area contributed by atoms with Gasteiger partial charge in [0, 0.05) is 17.8 Å². The molecule has 1 aliphatic heterocycles. The molecule has 1 heterocycles. The minimum Gasteiger partial charge on any atom is -0.317 e. The van der Waals surface area contributed by atoms with Crippen LogP contribution in [0.3, 0.4) is 0 Å². The second kappa shape index (κ2) is 7.55. The fourth-order valence-electron chi connectivity index (χ4n) is 1.93. The molecule has 1 fully saturated rings. The third kappa shape index (κ3) is 5.23. The molecule has 0 saturated carbocycles. The lowest BCUT2D eigenvalue weighted by atomic mass is 10.1. The Morgan fingerprint density at radius 2 is 2.29 bits per heavy atom. The molecule has 2 atom stereocenters. The fourth-order valence-corrected chi connectivity index (χ4v) is 2.62. The average Bonchev–Trinajstić information content (AvgIpc) is 2.43. The van der Waals surface area contributed by atoms with Crippen molar-refractivity contribution in [1.29, 1.82) is 0 Å². The van der Waals surface area contributed by atoms with Crippen molar-refractivity contribution in [2.45, 2.75) is 45.2 Å². The van der Waals surface area contributed by atoms with Crippen molar-refractivity contribution >= 4 is 11.8 Å². The van der Waals surface area contributed by atoms with E-state index < -0.39 is 0 Å². The quantitative estimate of drug-likeness (QED) is 0.733. The first-order valence-electron chi connectivity index (χ1n) is 5.87. The molecule has 14 heavy (non-hydrogen) atoms. The molecule has 3 heteroatoms. The molecule has 1 saturated heterocycles. The van der Waals surface area contributed by atoms with Crippen LogP contribution in [0.1, 0.15) is 33.1 Å². The summed E-state index contributed by atoms with van der Waals surface area (Å²) in [6.07, 6.45) is 3.96. The number of nitrogens with one attached hydrogen (secondary N) is 2. The van der Waals surface area contributed by atoms with Gasteiger partial charge in [-0.25, -0.2) is 0 Å². The van der Waals surface area contributed by atoms with Gasteiger partial charge in [-0.15, -0.1) is 0 Å². The van der Waals surface area contributed by atoms with Crippen LogP contribution in [-0.4, -0.2) is 36.7 Å².